The predicted octanol–water partition coefficient (Wildman–Crippen LogP) is 4.02. The number of nitrogens with one attached hydrogen (secondary N) is 1. The number of hydrogen-bond donors (Lipinski definition) is 1. The summed E-state index contributed by atoms with van der Waals surface area (Å²) < 4.78 is 0. The third kappa shape index (κ3) is 3.58. The Morgan fingerprint density at radius 3 is 2.39 bits per heavy atom. The van der Waals surface area contributed by atoms with Crippen molar-refractivity contribution < 1.29 is 0 Å². The third-order valence-corrected chi connectivity index (χ3v) is 3.23. The lowest BCUT2D eigenvalue weighted by Crippen LogP contribution is -2.31. The van der Waals surface area contributed by atoms with E-state index < -0.39 is 0 Å². The molecule has 96 valence electrons. The van der Waals surface area contributed by atoms with Crippen molar-refractivity contribution in [1.29, 1.82) is 0 Å². The summed E-state index contributed by atoms with van der Waals surface area (Å²) in [4.78, 5) is 0. The van der Waals surface area contributed by atoms with E-state index in [0.29, 0.717) is 12.0 Å². The highest BCUT2D eigenvalue weighted by molar-refractivity contribution is 5.82. The number of benzene rings is 2. The molecule has 0 aliphatic rings. The van der Waals surface area contributed by atoms with E-state index in [2.05, 4.69) is 68.6 Å². The summed E-state index contributed by atoms with van der Waals surface area (Å²) in [5.41, 5.74) is 1.41. The fourth-order valence-corrected chi connectivity index (χ4v) is 2.23. The first-order valence-electron chi connectivity index (χ1n) is 6.86. The van der Waals surface area contributed by atoms with Crippen molar-refractivity contribution in [2.75, 3.05) is 6.54 Å². The standard InChI is InChI=1S/C17H23N/c1-13(2)12-18-14(3)10-15-8-9-16-6-4-5-7-17(16)11-15/h4-9,11,13-14,18H,10,12H2,1-3H3. The average molecular weight is 241 g/mol. The van der Waals surface area contributed by atoms with Gasteiger partial charge in [-0.1, -0.05) is 56.3 Å². The molecule has 1 nitrogen and oxygen atoms in total. The van der Waals surface area contributed by atoms with Crippen LogP contribution in [0.4, 0.5) is 0 Å². The smallest absolute Gasteiger partial charge is 0.00792 e. The molecule has 0 bridgehead atoms. The zero-order valence-corrected chi connectivity index (χ0v) is 11.6. The number of fused-ring (bicyclic) bond motifs is 1. The summed E-state index contributed by atoms with van der Waals surface area (Å²) in [6.07, 6.45) is 1.09. The van der Waals surface area contributed by atoms with Crippen LogP contribution in [0, 0.1) is 5.92 Å². The van der Waals surface area contributed by atoms with E-state index in [9.17, 15) is 0 Å². The largest absolute Gasteiger partial charge is 0.314 e. The van der Waals surface area contributed by atoms with Crippen LogP contribution in [0.25, 0.3) is 10.8 Å². The summed E-state index contributed by atoms with van der Waals surface area (Å²) in [6, 6.07) is 15.9. The van der Waals surface area contributed by atoms with Gasteiger partial charge in [-0.15, -0.1) is 0 Å². The van der Waals surface area contributed by atoms with Crippen LogP contribution in [0.2, 0.25) is 0 Å². The Morgan fingerprint density at radius 2 is 1.67 bits per heavy atom. The van der Waals surface area contributed by atoms with E-state index >= 15 is 0 Å². The lowest BCUT2D eigenvalue weighted by molar-refractivity contribution is 0.482. The van der Waals surface area contributed by atoms with Gasteiger partial charge in [-0.2, -0.15) is 0 Å². The first kappa shape index (κ1) is 13.1. The van der Waals surface area contributed by atoms with Crippen molar-refractivity contribution in [2.45, 2.75) is 33.2 Å². The normalized spacial score (nSPS) is 13.1. The Labute approximate surface area is 110 Å². The fourth-order valence-electron chi connectivity index (χ4n) is 2.23. The maximum Gasteiger partial charge on any atom is 0.00792 e. The van der Waals surface area contributed by atoms with E-state index in [0.717, 1.165) is 13.0 Å². The highest BCUT2D eigenvalue weighted by Crippen LogP contribution is 2.16. The lowest BCUT2D eigenvalue weighted by Gasteiger charge is -2.15. The van der Waals surface area contributed by atoms with E-state index in [4.69, 9.17) is 0 Å². The van der Waals surface area contributed by atoms with E-state index in [-0.39, 0.29) is 0 Å². The third-order valence-electron chi connectivity index (χ3n) is 3.23. The van der Waals surface area contributed by atoms with Gasteiger partial charge >= 0.3 is 0 Å². The van der Waals surface area contributed by atoms with Gasteiger partial charge in [0.1, 0.15) is 0 Å². The lowest BCUT2D eigenvalue weighted by atomic mass is 10.0. The van der Waals surface area contributed by atoms with Gasteiger partial charge in [-0.3, -0.25) is 0 Å². The highest BCUT2D eigenvalue weighted by atomic mass is 14.9. The molecule has 0 saturated carbocycles. The van der Waals surface area contributed by atoms with Gasteiger partial charge in [-0.25, -0.2) is 0 Å². The highest BCUT2D eigenvalue weighted by Gasteiger charge is 2.04. The van der Waals surface area contributed by atoms with Crippen LogP contribution in [0.15, 0.2) is 42.5 Å². The van der Waals surface area contributed by atoms with Crippen molar-refractivity contribution in [3.8, 4) is 0 Å². The summed E-state index contributed by atoms with van der Waals surface area (Å²) in [5.74, 6) is 0.712. The summed E-state index contributed by atoms with van der Waals surface area (Å²) in [6.45, 7) is 7.85. The van der Waals surface area contributed by atoms with E-state index in [1.165, 1.54) is 16.3 Å². The summed E-state index contributed by atoms with van der Waals surface area (Å²) >= 11 is 0. The molecule has 18 heavy (non-hydrogen) atoms. The molecule has 0 aliphatic heterocycles. The van der Waals surface area contributed by atoms with Crippen LogP contribution >= 0.6 is 0 Å². The second kappa shape index (κ2) is 6.01. The molecule has 1 heteroatoms. The van der Waals surface area contributed by atoms with Gasteiger partial charge in [0.15, 0.2) is 0 Å². The van der Waals surface area contributed by atoms with Crippen LogP contribution in [0.5, 0.6) is 0 Å². The molecule has 2 rings (SSSR count). The molecule has 0 saturated heterocycles. The number of hydrogen-bond acceptors (Lipinski definition) is 1. The van der Waals surface area contributed by atoms with Gasteiger partial charge in [0.25, 0.3) is 0 Å². The van der Waals surface area contributed by atoms with Gasteiger partial charge in [0.05, 0.1) is 0 Å². The Kier molecular flexibility index (Phi) is 4.38. The van der Waals surface area contributed by atoms with Gasteiger partial charge < -0.3 is 5.32 Å². The van der Waals surface area contributed by atoms with Crippen LogP contribution in [0.1, 0.15) is 26.3 Å². The quantitative estimate of drug-likeness (QED) is 0.833. The van der Waals surface area contributed by atoms with Gasteiger partial charge in [-0.05, 0) is 42.1 Å². The molecule has 2 aromatic carbocycles. The fraction of sp³-hybridized carbons (Fsp3) is 0.412. The van der Waals surface area contributed by atoms with Gasteiger partial charge in [0.2, 0.25) is 0 Å². The first-order valence-corrected chi connectivity index (χ1v) is 6.86. The van der Waals surface area contributed by atoms with Crippen molar-refractivity contribution in [3.63, 3.8) is 0 Å². The Bertz CT molecular complexity index is 502. The molecule has 0 aliphatic carbocycles. The van der Waals surface area contributed by atoms with E-state index in [1.54, 1.807) is 0 Å². The molecule has 1 unspecified atom stereocenters. The second-order valence-electron chi connectivity index (χ2n) is 5.59. The maximum absolute atomic E-state index is 3.58. The van der Waals surface area contributed by atoms with Crippen LogP contribution in [-0.4, -0.2) is 12.6 Å². The predicted molar refractivity (Wildman–Crippen MR) is 80.0 cm³/mol. The minimum Gasteiger partial charge on any atom is -0.314 e. The van der Waals surface area contributed by atoms with Gasteiger partial charge in [0, 0.05) is 6.04 Å². The zero-order chi connectivity index (χ0) is 13.0. The minimum absolute atomic E-state index is 0.536. The van der Waals surface area contributed by atoms with Crippen molar-refractivity contribution >= 4 is 10.8 Å². The minimum atomic E-state index is 0.536. The van der Waals surface area contributed by atoms with Crippen LogP contribution < -0.4 is 5.32 Å². The van der Waals surface area contributed by atoms with Crippen molar-refractivity contribution in [2.24, 2.45) is 5.92 Å². The van der Waals surface area contributed by atoms with Crippen molar-refractivity contribution in [3.05, 3.63) is 48.0 Å². The first-order chi connectivity index (χ1) is 8.65. The molecule has 1 N–H and O–H groups in total. The molecule has 0 spiro atoms. The monoisotopic (exact) mass is 241 g/mol. The molecular weight excluding hydrogens is 218 g/mol. The molecule has 0 amide bonds. The van der Waals surface area contributed by atoms with Crippen LogP contribution in [0.3, 0.4) is 0 Å². The maximum atomic E-state index is 3.58. The zero-order valence-electron chi connectivity index (χ0n) is 11.6. The molecule has 0 heterocycles. The molecule has 1 atom stereocenters. The van der Waals surface area contributed by atoms with Crippen molar-refractivity contribution in [1.82, 2.24) is 5.32 Å². The number of rotatable bonds is 5. The SMILES string of the molecule is CC(C)CNC(C)Cc1ccc2ccccc2c1. The Hall–Kier alpha value is -1.34. The second-order valence-corrected chi connectivity index (χ2v) is 5.59. The average Bonchev–Trinajstić information content (AvgIpc) is 2.36. The molecule has 2 aromatic rings. The summed E-state index contributed by atoms with van der Waals surface area (Å²) in [7, 11) is 0. The molecule has 0 aromatic heterocycles. The molecule has 0 radical (unpaired) electrons. The molecular formula is C17H23N. The Morgan fingerprint density at radius 1 is 0.944 bits per heavy atom. The summed E-state index contributed by atoms with van der Waals surface area (Å²) in [5, 5.41) is 6.24. The van der Waals surface area contributed by atoms with Crippen LogP contribution in [-0.2, 0) is 6.42 Å². The molecule has 0 fully saturated rings. The topological polar surface area (TPSA) is 12.0 Å². The Balaban J connectivity index is 2.03. The van der Waals surface area contributed by atoms with E-state index in [1.807, 2.05) is 0 Å².